The Morgan fingerprint density at radius 2 is 2.21 bits per heavy atom. The average Bonchev–Trinajstić information content (AvgIpc) is 2.26. The van der Waals surface area contributed by atoms with Crippen LogP contribution < -0.4 is 5.73 Å². The van der Waals surface area contributed by atoms with Crippen LogP contribution in [0.1, 0.15) is 27.2 Å². The minimum atomic E-state index is -0.774. The minimum absolute atomic E-state index is 0.00912. The predicted molar refractivity (Wildman–Crippen MR) is 54.9 cm³/mol. The van der Waals surface area contributed by atoms with Crippen molar-refractivity contribution in [3.05, 3.63) is 0 Å². The van der Waals surface area contributed by atoms with E-state index in [-0.39, 0.29) is 12.0 Å². The maximum Gasteiger partial charge on any atom is 0.242 e. The normalized spacial score (nSPS) is 24.6. The van der Waals surface area contributed by atoms with Gasteiger partial charge in [0.1, 0.15) is 0 Å². The van der Waals surface area contributed by atoms with Gasteiger partial charge < -0.3 is 15.4 Å². The van der Waals surface area contributed by atoms with E-state index in [2.05, 4.69) is 0 Å². The Hall–Kier alpha value is -0.610. The molecule has 82 valence electrons. The third-order valence-electron chi connectivity index (χ3n) is 2.29. The number of rotatable bonds is 1. The Balaban J connectivity index is 2.62. The van der Waals surface area contributed by atoms with Gasteiger partial charge in [-0.1, -0.05) is 0 Å². The molecule has 1 saturated heterocycles. The van der Waals surface area contributed by atoms with Crippen LogP contribution >= 0.6 is 0 Å². The number of nitrogens with zero attached hydrogens (tertiary/aromatic N) is 1. The molecule has 0 radical (unpaired) electrons. The fraction of sp³-hybridized carbons (Fsp3) is 0.900. The molecule has 1 fully saturated rings. The van der Waals surface area contributed by atoms with E-state index in [4.69, 9.17) is 10.5 Å². The lowest BCUT2D eigenvalue weighted by Crippen LogP contribution is -2.52. The summed E-state index contributed by atoms with van der Waals surface area (Å²) < 4.78 is 5.46. The monoisotopic (exact) mass is 200 g/mol. The van der Waals surface area contributed by atoms with Crippen LogP contribution in [0, 0.1) is 0 Å². The smallest absolute Gasteiger partial charge is 0.242 e. The standard InChI is InChI=1S/C10H20N2O2/c1-8-7-12(5-4-6-14-8)9(13)10(2,3)11/h8H,4-7,11H2,1-3H3. The number of hydrogen-bond donors (Lipinski definition) is 1. The van der Waals surface area contributed by atoms with E-state index in [0.717, 1.165) is 19.6 Å². The van der Waals surface area contributed by atoms with Crippen LogP contribution in [-0.2, 0) is 9.53 Å². The molecule has 0 aromatic heterocycles. The number of hydrogen-bond acceptors (Lipinski definition) is 3. The molecule has 1 heterocycles. The van der Waals surface area contributed by atoms with Crippen molar-refractivity contribution in [1.29, 1.82) is 0 Å². The molecule has 0 aliphatic carbocycles. The van der Waals surface area contributed by atoms with Crippen molar-refractivity contribution in [3.63, 3.8) is 0 Å². The molecule has 1 atom stereocenters. The average molecular weight is 200 g/mol. The number of carbonyl (C=O) groups excluding carboxylic acids is 1. The van der Waals surface area contributed by atoms with E-state index in [1.165, 1.54) is 0 Å². The van der Waals surface area contributed by atoms with Crippen LogP contribution in [0.2, 0.25) is 0 Å². The molecule has 1 unspecified atom stereocenters. The van der Waals surface area contributed by atoms with Crippen LogP contribution in [0.25, 0.3) is 0 Å². The molecule has 2 N–H and O–H groups in total. The van der Waals surface area contributed by atoms with Gasteiger partial charge in [-0.15, -0.1) is 0 Å². The Morgan fingerprint density at radius 3 is 2.79 bits per heavy atom. The Morgan fingerprint density at radius 1 is 1.57 bits per heavy atom. The van der Waals surface area contributed by atoms with Gasteiger partial charge in [0, 0.05) is 19.7 Å². The van der Waals surface area contributed by atoms with Crippen LogP contribution in [0.4, 0.5) is 0 Å². The van der Waals surface area contributed by atoms with Crippen molar-refractivity contribution in [1.82, 2.24) is 4.90 Å². The van der Waals surface area contributed by atoms with Crippen molar-refractivity contribution in [3.8, 4) is 0 Å². The highest BCUT2D eigenvalue weighted by atomic mass is 16.5. The second-order valence-electron chi connectivity index (χ2n) is 4.51. The zero-order valence-corrected chi connectivity index (χ0v) is 9.25. The van der Waals surface area contributed by atoms with Crippen LogP contribution in [0.5, 0.6) is 0 Å². The van der Waals surface area contributed by atoms with Gasteiger partial charge in [0.15, 0.2) is 0 Å². The van der Waals surface area contributed by atoms with Gasteiger partial charge >= 0.3 is 0 Å². The van der Waals surface area contributed by atoms with Gasteiger partial charge in [0.25, 0.3) is 0 Å². The summed E-state index contributed by atoms with van der Waals surface area (Å²) in [5.41, 5.74) is 5.00. The zero-order valence-electron chi connectivity index (χ0n) is 9.25. The first-order valence-corrected chi connectivity index (χ1v) is 5.11. The van der Waals surface area contributed by atoms with E-state index >= 15 is 0 Å². The van der Waals surface area contributed by atoms with Gasteiger partial charge in [0.2, 0.25) is 5.91 Å². The molecule has 0 saturated carbocycles. The fourth-order valence-corrected chi connectivity index (χ4v) is 1.59. The van der Waals surface area contributed by atoms with E-state index in [1.807, 2.05) is 6.92 Å². The molecule has 1 aliphatic rings. The topological polar surface area (TPSA) is 55.6 Å². The molecule has 14 heavy (non-hydrogen) atoms. The van der Waals surface area contributed by atoms with Crippen molar-refractivity contribution >= 4 is 5.91 Å². The molecule has 4 heteroatoms. The SMILES string of the molecule is CC1CN(C(=O)C(C)(C)N)CCCO1. The molecule has 4 nitrogen and oxygen atoms in total. The van der Waals surface area contributed by atoms with Gasteiger partial charge in [-0.25, -0.2) is 0 Å². The third kappa shape index (κ3) is 2.96. The summed E-state index contributed by atoms with van der Waals surface area (Å²) in [5, 5.41) is 0. The Kier molecular flexibility index (Phi) is 3.50. The van der Waals surface area contributed by atoms with Crippen LogP contribution in [-0.4, -0.2) is 42.1 Å². The molecular weight excluding hydrogens is 180 g/mol. The largest absolute Gasteiger partial charge is 0.377 e. The molecule has 0 aromatic rings. The lowest BCUT2D eigenvalue weighted by atomic mass is 10.1. The van der Waals surface area contributed by atoms with E-state index in [1.54, 1.807) is 18.7 Å². The second kappa shape index (κ2) is 4.28. The summed E-state index contributed by atoms with van der Waals surface area (Å²) >= 11 is 0. The molecule has 1 aliphatic heterocycles. The van der Waals surface area contributed by atoms with Crippen LogP contribution in [0.3, 0.4) is 0 Å². The van der Waals surface area contributed by atoms with Crippen molar-refractivity contribution in [2.75, 3.05) is 19.7 Å². The first-order chi connectivity index (χ1) is 6.41. The summed E-state index contributed by atoms with van der Waals surface area (Å²) in [7, 11) is 0. The lowest BCUT2D eigenvalue weighted by molar-refractivity contribution is -0.136. The number of nitrogens with two attached hydrogens (primary N) is 1. The molecule has 1 rings (SSSR count). The van der Waals surface area contributed by atoms with Gasteiger partial charge in [-0.2, -0.15) is 0 Å². The zero-order chi connectivity index (χ0) is 10.8. The molecule has 0 bridgehead atoms. The van der Waals surface area contributed by atoms with E-state index in [9.17, 15) is 4.79 Å². The van der Waals surface area contributed by atoms with E-state index < -0.39 is 5.54 Å². The number of ether oxygens (including phenoxy) is 1. The third-order valence-corrected chi connectivity index (χ3v) is 2.29. The van der Waals surface area contributed by atoms with Crippen LogP contribution in [0.15, 0.2) is 0 Å². The summed E-state index contributed by atoms with van der Waals surface area (Å²) in [5.74, 6) is 0.00912. The van der Waals surface area contributed by atoms with Crippen molar-refractivity contribution in [2.45, 2.75) is 38.8 Å². The molecule has 1 amide bonds. The van der Waals surface area contributed by atoms with Crippen molar-refractivity contribution in [2.24, 2.45) is 5.73 Å². The highest BCUT2D eigenvalue weighted by Gasteiger charge is 2.29. The first-order valence-electron chi connectivity index (χ1n) is 5.11. The maximum atomic E-state index is 11.9. The highest BCUT2D eigenvalue weighted by molar-refractivity contribution is 5.85. The minimum Gasteiger partial charge on any atom is -0.377 e. The fourth-order valence-electron chi connectivity index (χ4n) is 1.59. The molecular formula is C10H20N2O2. The molecule has 0 aromatic carbocycles. The van der Waals surface area contributed by atoms with Gasteiger partial charge in [-0.3, -0.25) is 4.79 Å². The quantitative estimate of drug-likeness (QED) is 0.665. The maximum absolute atomic E-state index is 11.9. The summed E-state index contributed by atoms with van der Waals surface area (Å²) in [6, 6.07) is 0. The second-order valence-corrected chi connectivity index (χ2v) is 4.51. The summed E-state index contributed by atoms with van der Waals surface area (Å²) in [6.07, 6.45) is 1.01. The predicted octanol–water partition coefficient (Wildman–Crippen LogP) is 0.361. The summed E-state index contributed by atoms with van der Waals surface area (Å²) in [4.78, 5) is 13.7. The van der Waals surface area contributed by atoms with E-state index in [0.29, 0.717) is 6.54 Å². The Bertz CT molecular complexity index is 211. The molecule has 0 spiro atoms. The first kappa shape index (κ1) is 11.5. The Labute approximate surface area is 85.4 Å². The number of carbonyl (C=O) groups is 1. The van der Waals surface area contributed by atoms with Gasteiger partial charge in [0.05, 0.1) is 11.6 Å². The highest BCUT2D eigenvalue weighted by Crippen LogP contribution is 2.10. The van der Waals surface area contributed by atoms with Gasteiger partial charge in [-0.05, 0) is 27.2 Å². The van der Waals surface area contributed by atoms with Crippen molar-refractivity contribution < 1.29 is 9.53 Å². The number of amides is 1. The lowest BCUT2D eigenvalue weighted by Gasteiger charge is -2.29. The summed E-state index contributed by atoms with van der Waals surface area (Å²) in [6.45, 7) is 7.60.